The molecule has 0 aliphatic carbocycles. The van der Waals surface area contributed by atoms with Crippen molar-refractivity contribution in [2.75, 3.05) is 42.6 Å². The lowest BCUT2D eigenvalue weighted by atomic mass is 10.0. The highest BCUT2D eigenvalue weighted by atomic mass is 32.2. The Hall–Kier alpha value is -2.55. The van der Waals surface area contributed by atoms with Gasteiger partial charge in [0.1, 0.15) is 12.4 Å². The number of thioether (sulfide) groups is 1. The molecular weight excluding hydrogens is 514 g/mol. The van der Waals surface area contributed by atoms with Gasteiger partial charge in [0.2, 0.25) is 0 Å². The van der Waals surface area contributed by atoms with Gasteiger partial charge in [-0.05, 0) is 61.9 Å². The molecule has 3 aromatic rings. The van der Waals surface area contributed by atoms with Crippen molar-refractivity contribution in [2.24, 2.45) is 5.92 Å². The predicted octanol–water partition coefficient (Wildman–Crippen LogP) is 6.25. The Kier molecular flexibility index (Phi) is 8.92. The standard InChI is InChI=1S/C30H37N3O3S2/c1-21-5-8-28(36-19-25-7-6-23(17-22(25)2)18-32-12-14-37-15-13-32)26(16-21)27-20-38-30(31-27)33-10-3-4-24(9-11-33)29(34)35/h5-8,16-17,20,24H,3-4,9-15,18-19H2,1-2H3,(H,34,35). The molecule has 0 spiro atoms. The molecule has 0 radical (unpaired) electrons. The van der Waals surface area contributed by atoms with Gasteiger partial charge in [-0.15, -0.1) is 11.3 Å². The SMILES string of the molecule is Cc1ccc(OCc2ccc(CN3CCSCC3)cc2C)c(-c2csc(N3CCCC(C(=O)O)CC3)n2)c1. The van der Waals surface area contributed by atoms with E-state index in [0.717, 1.165) is 60.2 Å². The average Bonchev–Trinajstić information content (AvgIpc) is 3.26. The van der Waals surface area contributed by atoms with Crippen LogP contribution in [0.2, 0.25) is 0 Å². The number of carbonyl (C=O) groups is 1. The van der Waals surface area contributed by atoms with Crippen molar-refractivity contribution in [3.8, 4) is 17.0 Å². The molecular formula is C30H37N3O3S2. The first kappa shape index (κ1) is 27.0. The Labute approximate surface area is 234 Å². The first-order valence-corrected chi connectivity index (χ1v) is 15.6. The summed E-state index contributed by atoms with van der Waals surface area (Å²) in [5.74, 6) is 2.36. The summed E-state index contributed by atoms with van der Waals surface area (Å²) in [5, 5.41) is 12.5. The van der Waals surface area contributed by atoms with Crippen molar-refractivity contribution in [1.29, 1.82) is 0 Å². The molecule has 0 saturated carbocycles. The third-order valence-electron chi connectivity index (χ3n) is 7.55. The Morgan fingerprint density at radius 3 is 2.71 bits per heavy atom. The zero-order chi connectivity index (χ0) is 26.5. The maximum Gasteiger partial charge on any atom is 0.306 e. The molecule has 1 unspecified atom stereocenters. The van der Waals surface area contributed by atoms with E-state index in [9.17, 15) is 9.90 Å². The molecule has 2 aliphatic rings. The van der Waals surface area contributed by atoms with Gasteiger partial charge >= 0.3 is 5.97 Å². The molecule has 2 fully saturated rings. The molecule has 0 amide bonds. The van der Waals surface area contributed by atoms with Crippen LogP contribution in [-0.2, 0) is 17.9 Å². The molecule has 2 saturated heterocycles. The second-order valence-corrected chi connectivity index (χ2v) is 12.5. The number of thiazole rings is 1. The van der Waals surface area contributed by atoms with Gasteiger partial charge in [0, 0.05) is 55.2 Å². The summed E-state index contributed by atoms with van der Waals surface area (Å²) in [6.07, 6.45) is 2.27. The quantitative estimate of drug-likeness (QED) is 0.355. The van der Waals surface area contributed by atoms with Crippen LogP contribution >= 0.6 is 23.1 Å². The van der Waals surface area contributed by atoms with Crippen molar-refractivity contribution in [3.05, 3.63) is 64.0 Å². The molecule has 2 aliphatic heterocycles. The molecule has 1 atom stereocenters. The van der Waals surface area contributed by atoms with E-state index in [4.69, 9.17) is 9.72 Å². The van der Waals surface area contributed by atoms with E-state index in [-0.39, 0.29) is 5.92 Å². The van der Waals surface area contributed by atoms with Gasteiger partial charge in [-0.1, -0.05) is 29.8 Å². The molecule has 8 heteroatoms. The monoisotopic (exact) mass is 551 g/mol. The smallest absolute Gasteiger partial charge is 0.306 e. The lowest BCUT2D eigenvalue weighted by Gasteiger charge is -2.26. The molecule has 1 N–H and O–H groups in total. The molecule has 1 aromatic heterocycles. The predicted molar refractivity (Wildman–Crippen MR) is 158 cm³/mol. The van der Waals surface area contributed by atoms with Crippen molar-refractivity contribution in [1.82, 2.24) is 9.88 Å². The number of nitrogens with zero attached hydrogens (tertiary/aromatic N) is 3. The van der Waals surface area contributed by atoms with Gasteiger partial charge in [-0.2, -0.15) is 11.8 Å². The minimum atomic E-state index is -0.681. The summed E-state index contributed by atoms with van der Waals surface area (Å²) in [7, 11) is 0. The van der Waals surface area contributed by atoms with E-state index in [0.29, 0.717) is 13.0 Å². The largest absolute Gasteiger partial charge is 0.488 e. The molecule has 202 valence electrons. The van der Waals surface area contributed by atoms with Crippen LogP contribution < -0.4 is 9.64 Å². The van der Waals surface area contributed by atoms with E-state index < -0.39 is 5.97 Å². The number of aliphatic carboxylic acids is 1. The summed E-state index contributed by atoms with van der Waals surface area (Å²) in [6, 6.07) is 13.0. The molecule has 2 aromatic carbocycles. The van der Waals surface area contributed by atoms with Crippen LogP contribution in [0.4, 0.5) is 5.13 Å². The normalized spacial score (nSPS) is 18.8. The molecule has 38 heavy (non-hydrogen) atoms. The van der Waals surface area contributed by atoms with Crippen LogP contribution in [0.5, 0.6) is 5.75 Å². The molecule has 5 rings (SSSR count). The maximum absolute atomic E-state index is 11.4. The number of ether oxygens (including phenoxy) is 1. The van der Waals surface area contributed by atoms with Crippen LogP contribution in [0, 0.1) is 19.8 Å². The number of benzene rings is 2. The fraction of sp³-hybridized carbons (Fsp3) is 0.467. The summed E-state index contributed by atoms with van der Waals surface area (Å²) in [6.45, 7) is 9.71. The highest BCUT2D eigenvalue weighted by molar-refractivity contribution is 7.99. The Morgan fingerprint density at radius 1 is 1.08 bits per heavy atom. The van der Waals surface area contributed by atoms with Gasteiger partial charge in [-0.25, -0.2) is 4.98 Å². The van der Waals surface area contributed by atoms with Gasteiger partial charge in [0.25, 0.3) is 0 Å². The molecule has 6 nitrogen and oxygen atoms in total. The Balaban J connectivity index is 1.27. The second-order valence-electron chi connectivity index (χ2n) is 10.4. The van der Waals surface area contributed by atoms with Gasteiger partial charge < -0.3 is 14.7 Å². The van der Waals surface area contributed by atoms with E-state index in [1.165, 1.54) is 41.3 Å². The second kappa shape index (κ2) is 12.5. The minimum Gasteiger partial charge on any atom is -0.488 e. The maximum atomic E-state index is 11.4. The summed E-state index contributed by atoms with van der Waals surface area (Å²) < 4.78 is 6.39. The summed E-state index contributed by atoms with van der Waals surface area (Å²) in [4.78, 5) is 21.2. The summed E-state index contributed by atoms with van der Waals surface area (Å²) in [5.41, 5.74) is 6.91. The number of carboxylic acid groups (broad SMARTS) is 1. The molecule has 0 bridgehead atoms. The fourth-order valence-electron chi connectivity index (χ4n) is 5.23. The van der Waals surface area contributed by atoms with Crippen molar-refractivity contribution < 1.29 is 14.6 Å². The number of carboxylic acids is 1. The Bertz CT molecular complexity index is 1260. The Morgan fingerprint density at radius 2 is 1.92 bits per heavy atom. The lowest BCUT2D eigenvalue weighted by molar-refractivity contribution is -0.142. The van der Waals surface area contributed by atoms with Gasteiger partial charge in [-0.3, -0.25) is 9.69 Å². The van der Waals surface area contributed by atoms with E-state index in [2.05, 4.69) is 59.4 Å². The number of rotatable bonds is 8. The van der Waals surface area contributed by atoms with Gasteiger partial charge in [0.05, 0.1) is 11.6 Å². The van der Waals surface area contributed by atoms with Crippen LogP contribution in [0.25, 0.3) is 11.3 Å². The van der Waals surface area contributed by atoms with Crippen molar-refractivity contribution in [3.63, 3.8) is 0 Å². The topological polar surface area (TPSA) is 65.9 Å². The zero-order valence-electron chi connectivity index (χ0n) is 22.3. The van der Waals surface area contributed by atoms with Crippen LogP contribution in [0.15, 0.2) is 41.8 Å². The van der Waals surface area contributed by atoms with Crippen LogP contribution in [0.1, 0.15) is 41.5 Å². The number of aryl methyl sites for hydroxylation is 2. The first-order chi connectivity index (χ1) is 18.5. The van der Waals surface area contributed by atoms with Crippen LogP contribution in [-0.4, -0.2) is 58.6 Å². The number of hydrogen-bond donors (Lipinski definition) is 1. The van der Waals surface area contributed by atoms with Crippen molar-refractivity contribution >= 4 is 34.2 Å². The summed E-state index contributed by atoms with van der Waals surface area (Å²) >= 11 is 3.67. The highest BCUT2D eigenvalue weighted by Crippen LogP contribution is 2.36. The number of hydrogen-bond acceptors (Lipinski definition) is 7. The lowest BCUT2D eigenvalue weighted by Crippen LogP contribution is -2.31. The molecule has 3 heterocycles. The first-order valence-electron chi connectivity index (χ1n) is 13.5. The fourth-order valence-corrected chi connectivity index (χ4v) is 7.09. The van der Waals surface area contributed by atoms with E-state index >= 15 is 0 Å². The average molecular weight is 552 g/mol. The van der Waals surface area contributed by atoms with E-state index in [1.807, 2.05) is 17.8 Å². The van der Waals surface area contributed by atoms with E-state index in [1.54, 1.807) is 11.3 Å². The highest BCUT2D eigenvalue weighted by Gasteiger charge is 2.24. The van der Waals surface area contributed by atoms with Crippen molar-refractivity contribution in [2.45, 2.75) is 46.3 Å². The number of anilines is 1. The minimum absolute atomic E-state index is 0.252. The third-order valence-corrected chi connectivity index (χ3v) is 9.39. The third kappa shape index (κ3) is 6.71. The van der Waals surface area contributed by atoms with Gasteiger partial charge in [0.15, 0.2) is 5.13 Å². The zero-order valence-corrected chi connectivity index (χ0v) is 24.0. The number of aromatic nitrogens is 1. The van der Waals surface area contributed by atoms with Crippen LogP contribution in [0.3, 0.4) is 0 Å².